The van der Waals surface area contributed by atoms with Crippen LogP contribution in [-0.2, 0) is 4.74 Å². The van der Waals surface area contributed by atoms with Crippen LogP contribution in [-0.4, -0.2) is 42.8 Å². The summed E-state index contributed by atoms with van der Waals surface area (Å²) in [6, 6.07) is 8.25. The second-order valence-corrected chi connectivity index (χ2v) is 7.61. The van der Waals surface area contributed by atoms with E-state index in [1.54, 1.807) is 4.90 Å². The second kappa shape index (κ2) is 6.35. The lowest BCUT2D eigenvalue weighted by Gasteiger charge is -2.37. The van der Waals surface area contributed by atoms with Crippen LogP contribution < -0.4 is 4.90 Å². The number of amides is 1. The largest absolute Gasteiger partial charge is 0.444 e. The summed E-state index contributed by atoms with van der Waals surface area (Å²) in [7, 11) is 0. The highest BCUT2D eigenvalue weighted by molar-refractivity contribution is 5.69. The van der Waals surface area contributed by atoms with Gasteiger partial charge in [0.2, 0.25) is 0 Å². The molecule has 0 bridgehead atoms. The smallest absolute Gasteiger partial charge is 0.410 e. The normalized spacial score (nSPS) is 18.2. The van der Waals surface area contributed by atoms with E-state index in [0.717, 1.165) is 13.1 Å². The number of carbonyl (C=O) groups is 1. The van der Waals surface area contributed by atoms with Crippen LogP contribution in [0.25, 0.3) is 0 Å². The maximum absolute atomic E-state index is 12.2. The van der Waals surface area contributed by atoms with E-state index in [1.165, 1.54) is 24.1 Å². The molecule has 0 radical (unpaired) electrons. The Bertz CT molecular complexity index is 660. The van der Waals surface area contributed by atoms with Gasteiger partial charge in [-0.25, -0.2) is 4.79 Å². The molecule has 1 saturated carbocycles. The number of ether oxygens (including phenoxy) is 1. The van der Waals surface area contributed by atoms with Crippen LogP contribution in [0.4, 0.5) is 10.5 Å². The van der Waals surface area contributed by atoms with E-state index in [9.17, 15) is 10.1 Å². The van der Waals surface area contributed by atoms with Crippen molar-refractivity contribution in [2.45, 2.75) is 45.1 Å². The van der Waals surface area contributed by atoms with Crippen LogP contribution in [0.3, 0.4) is 0 Å². The average molecular weight is 327 g/mol. The van der Waals surface area contributed by atoms with E-state index >= 15 is 0 Å². The van der Waals surface area contributed by atoms with Gasteiger partial charge < -0.3 is 14.5 Å². The first-order valence-corrected chi connectivity index (χ1v) is 8.64. The van der Waals surface area contributed by atoms with Gasteiger partial charge in [0.25, 0.3) is 0 Å². The fourth-order valence-electron chi connectivity index (χ4n) is 3.08. The number of rotatable bonds is 2. The molecule has 1 heterocycles. The zero-order valence-corrected chi connectivity index (χ0v) is 14.7. The molecule has 0 N–H and O–H groups in total. The first-order chi connectivity index (χ1) is 11.4. The minimum atomic E-state index is -0.464. The minimum absolute atomic E-state index is 0.240. The number of anilines is 1. The quantitative estimate of drug-likeness (QED) is 0.834. The molecule has 0 atom stereocenters. The SMILES string of the molecule is CC(C)(C)OC(=O)N1CCN(c2cc(C#N)ccc2C2CC2)CC1. The van der Waals surface area contributed by atoms with Gasteiger partial charge in [0.05, 0.1) is 11.6 Å². The predicted molar refractivity (Wildman–Crippen MR) is 93.2 cm³/mol. The highest BCUT2D eigenvalue weighted by Gasteiger charge is 2.30. The summed E-state index contributed by atoms with van der Waals surface area (Å²) in [6.07, 6.45) is 2.23. The number of piperazine rings is 1. The van der Waals surface area contributed by atoms with Crippen LogP contribution >= 0.6 is 0 Å². The molecule has 1 aliphatic heterocycles. The van der Waals surface area contributed by atoms with Crippen LogP contribution in [0.2, 0.25) is 0 Å². The number of hydrogen-bond acceptors (Lipinski definition) is 4. The molecule has 1 amide bonds. The molecule has 1 aliphatic carbocycles. The molecule has 2 fully saturated rings. The molecule has 1 aromatic rings. The van der Waals surface area contributed by atoms with Crippen molar-refractivity contribution in [3.8, 4) is 6.07 Å². The molecule has 2 aliphatic rings. The number of nitrogens with zero attached hydrogens (tertiary/aromatic N) is 3. The van der Waals surface area contributed by atoms with Gasteiger partial charge in [-0.3, -0.25) is 0 Å². The lowest BCUT2D eigenvalue weighted by molar-refractivity contribution is 0.0240. The van der Waals surface area contributed by atoms with Crippen LogP contribution in [0.1, 0.15) is 50.7 Å². The van der Waals surface area contributed by atoms with E-state index in [2.05, 4.69) is 17.0 Å². The fraction of sp³-hybridized carbons (Fsp3) is 0.579. The van der Waals surface area contributed by atoms with Gasteiger partial charge in [-0.05, 0) is 57.2 Å². The van der Waals surface area contributed by atoms with Crippen molar-refractivity contribution in [1.82, 2.24) is 4.90 Å². The topological polar surface area (TPSA) is 56.6 Å². The summed E-state index contributed by atoms with van der Waals surface area (Å²) >= 11 is 0. The van der Waals surface area contributed by atoms with Crippen molar-refractivity contribution < 1.29 is 9.53 Å². The molecular weight excluding hydrogens is 302 g/mol. The van der Waals surface area contributed by atoms with Gasteiger partial charge in [-0.15, -0.1) is 0 Å². The summed E-state index contributed by atoms with van der Waals surface area (Å²) in [5, 5.41) is 9.19. The van der Waals surface area contributed by atoms with Crippen molar-refractivity contribution >= 4 is 11.8 Å². The zero-order chi connectivity index (χ0) is 17.3. The molecule has 5 nitrogen and oxygen atoms in total. The highest BCUT2D eigenvalue weighted by Crippen LogP contribution is 2.44. The third kappa shape index (κ3) is 3.81. The Morgan fingerprint density at radius 2 is 1.88 bits per heavy atom. The molecule has 1 saturated heterocycles. The van der Waals surface area contributed by atoms with Gasteiger partial charge in [-0.2, -0.15) is 5.26 Å². The molecule has 3 rings (SSSR count). The minimum Gasteiger partial charge on any atom is -0.444 e. The fourth-order valence-corrected chi connectivity index (χ4v) is 3.08. The Morgan fingerprint density at radius 1 is 1.21 bits per heavy atom. The summed E-state index contributed by atoms with van der Waals surface area (Å²) < 4.78 is 5.45. The molecular formula is C19H25N3O2. The first kappa shape index (κ1) is 16.6. The molecule has 128 valence electrons. The number of nitriles is 1. The van der Waals surface area contributed by atoms with E-state index in [1.807, 2.05) is 32.9 Å². The highest BCUT2D eigenvalue weighted by atomic mass is 16.6. The van der Waals surface area contributed by atoms with E-state index in [0.29, 0.717) is 24.6 Å². The third-order valence-electron chi connectivity index (χ3n) is 4.45. The zero-order valence-electron chi connectivity index (χ0n) is 14.7. The monoisotopic (exact) mass is 327 g/mol. The van der Waals surface area contributed by atoms with E-state index in [-0.39, 0.29) is 6.09 Å². The Kier molecular flexibility index (Phi) is 4.40. The van der Waals surface area contributed by atoms with Crippen molar-refractivity contribution in [3.63, 3.8) is 0 Å². The van der Waals surface area contributed by atoms with E-state index < -0.39 is 5.60 Å². The van der Waals surface area contributed by atoms with Gasteiger partial charge in [0, 0.05) is 31.9 Å². The first-order valence-electron chi connectivity index (χ1n) is 8.64. The Labute approximate surface area is 143 Å². The molecule has 1 aromatic carbocycles. The van der Waals surface area contributed by atoms with Gasteiger partial charge >= 0.3 is 6.09 Å². The van der Waals surface area contributed by atoms with Crippen LogP contribution in [0.15, 0.2) is 18.2 Å². The molecule has 0 aromatic heterocycles. The number of hydrogen-bond donors (Lipinski definition) is 0. The standard InChI is InChI=1S/C19H25N3O2/c1-19(2,3)24-18(23)22-10-8-21(9-11-22)17-12-14(13-20)4-7-16(17)15-5-6-15/h4,7,12,15H,5-6,8-11H2,1-3H3. The van der Waals surface area contributed by atoms with E-state index in [4.69, 9.17) is 4.74 Å². The summed E-state index contributed by atoms with van der Waals surface area (Å²) in [5.41, 5.74) is 2.75. The summed E-state index contributed by atoms with van der Waals surface area (Å²) in [6.45, 7) is 8.50. The third-order valence-corrected chi connectivity index (χ3v) is 4.45. The second-order valence-electron chi connectivity index (χ2n) is 7.61. The molecule has 0 unspecified atom stereocenters. The predicted octanol–water partition coefficient (Wildman–Crippen LogP) is 3.49. The van der Waals surface area contributed by atoms with Gasteiger partial charge in [0.15, 0.2) is 0 Å². The Balaban J connectivity index is 1.69. The molecule has 24 heavy (non-hydrogen) atoms. The number of benzene rings is 1. The van der Waals surface area contributed by atoms with Crippen molar-refractivity contribution in [3.05, 3.63) is 29.3 Å². The lowest BCUT2D eigenvalue weighted by Crippen LogP contribution is -2.50. The number of carbonyl (C=O) groups excluding carboxylic acids is 1. The van der Waals surface area contributed by atoms with Gasteiger partial charge in [0.1, 0.15) is 5.60 Å². The van der Waals surface area contributed by atoms with Crippen LogP contribution in [0, 0.1) is 11.3 Å². The molecule has 5 heteroatoms. The maximum Gasteiger partial charge on any atom is 0.410 e. The summed E-state index contributed by atoms with van der Waals surface area (Å²) in [4.78, 5) is 16.3. The van der Waals surface area contributed by atoms with Crippen LogP contribution in [0.5, 0.6) is 0 Å². The van der Waals surface area contributed by atoms with Crippen molar-refractivity contribution in [1.29, 1.82) is 5.26 Å². The van der Waals surface area contributed by atoms with Crippen molar-refractivity contribution in [2.75, 3.05) is 31.1 Å². The lowest BCUT2D eigenvalue weighted by atomic mass is 10.0. The Hall–Kier alpha value is -2.22. The summed E-state index contributed by atoms with van der Waals surface area (Å²) in [5.74, 6) is 0.636. The maximum atomic E-state index is 12.2. The Morgan fingerprint density at radius 3 is 2.42 bits per heavy atom. The van der Waals surface area contributed by atoms with Gasteiger partial charge in [-0.1, -0.05) is 6.07 Å². The average Bonchev–Trinajstić information content (AvgIpc) is 3.37. The molecule has 0 spiro atoms. The van der Waals surface area contributed by atoms with Crippen molar-refractivity contribution in [2.24, 2.45) is 0 Å².